The highest BCUT2D eigenvalue weighted by Gasteiger charge is 2.46. The van der Waals surface area contributed by atoms with Crippen LogP contribution in [-0.2, 0) is 19.1 Å². The van der Waals surface area contributed by atoms with Crippen LogP contribution in [0.3, 0.4) is 0 Å². The molecule has 6 nitrogen and oxygen atoms in total. The van der Waals surface area contributed by atoms with Crippen LogP contribution in [0, 0.1) is 5.41 Å². The minimum absolute atomic E-state index is 0.0184. The van der Waals surface area contributed by atoms with Crippen molar-refractivity contribution >= 4 is 23.4 Å². The van der Waals surface area contributed by atoms with Crippen molar-refractivity contribution in [3.63, 3.8) is 0 Å². The molecule has 0 radical (unpaired) electrons. The SMILES string of the molecule is CCOC(=O)C1=C(COCCN)NC2=C(C(=O)C(C)(C)CC2)C1c1ccccc1Cl. The molecule has 0 bridgehead atoms. The molecule has 0 fully saturated rings. The Labute approximate surface area is 182 Å². The highest BCUT2D eigenvalue weighted by atomic mass is 35.5. The third-order valence-electron chi connectivity index (χ3n) is 5.61. The zero-order chi connectivity index (χ0) is 21.9. The number of carbonyl (C=O) groups is 2. The Kier molecular flexibility index (Phi) is 7.01. The quantitative estimate of drug-likeness (QED) is 0.506. The molecule has 3 rings (SSSR count). The summed E-state index contributed by atoms with van der Waals surface area (Å²) in [6.45, 7) is 6.75. The standard InChI is InChI=1S/C23H29ClN2O4/c1-4-30-22(28)20-17(13-29-12-11-25)26-16-9-10-23(2,3)21(27)19(16)18(20)14-7-5-6-8-15(14)24/h5-8,18,26H,4,9-13,25H2,1-3H3. The number of hydrogen-bond donors (Lipinski definition) is 2. The number of halogens is 1. The van der Waals surface area contributed by atoms with E-state index in [1.807, 2.05) is 32.0 Å². The fourth-order valence-corrected chi connectivity index (χ4v) is 4.28. The number of Topliss-reactive ketones (excluding diaryl/α,β-unsaturated/α-hetero) is 1. The van der Waals surface area contributed by atoms with Crippen LogP contribution < -0.4 is 11.1 Å². The molecule has 1 aliphatic carbocycles. The van der Waals surface area contributed by atoms with Crippen LogP contribution in [0.4, 0.5) is 0 Å². The monoisotopic (exact) mass is 432 g/mol. The molecule has 1 aromatic rings. The summed E-state index contributed by atoms with van der Waals surface area (Å²) < 4.78 is 11.0. The molecule has 1 atom stereocenters. The fraction of sp³-hybridized carbons (Fsp3) is 0.478. The molecule has 30 heavy (non-hydrogen) atoms. The first kappa shape index (κ1) is 22.5. The molecule has 1 heterocycles. The van der Waals surface area contributed by atoms with Crippen molar-refractivity contribution in [2.24, 2.45) is 11.1 Å². The van der Waals surface area contributed by atoms with Gasteiger partial charge >= 0.3 is 5.97 Å². The predicted octanol–water partition coefficient (Wildman–Crippen LogP) is 3.46. The Balaban J connectivity index is 2.20. The van der Waals surface area contributed by atoms with Gasteiger partial charge in [-0.05, 0) is 31.4 Å². The van der Waals surface area contributed by atoms with Crippen molar-refractivity contribution in [2.45, 2.75) is 39.5 Å². The lowest BCUT2D eigenvalue weighted by atomic mass is 9.67. The van der Waals surface area contributed by atoms with Crippen LogP contribution in [0.15, 0.2) is 46.8 Å². The van der Waals surface area contributed by atoms with E-state index >= 15 is 0 Å². The van der Waals surface area contributed by atoms with E-state index < -0.39 is 17.3 Å². The van der Waals surface area contributed by atoms with E-state index in [0.29, 0.717) is 47.0 Å². The maximum absolute atomic E-state index is 13.5. The van der Waals surface area contributed by atoms with Gasteiger partial charge in [0.1, 0.15) is 0 Å². The second-order valence-corrected chi connectivity index (χ2v) is 8.55. The Morgan fingerprint density at radius 2 is 2.07 bits per heavy atom. The molecular formula is C23H29ClN2O4. The maximum atomic E-state index is 13.5. The van der Waals surface area contributed by atoms with Gasteiger partial charge in [0.15, 0.2) is 5.78 Å². The average Bonchev–Trinajstić information content (AvgIpc) is 2.71. The Morgan fingerprint density at radius 3 is 2.73 bits per heavy atom. The van der Waals surface area contributed by atoms with Gasteiger partial charge in [0.05, 0.1) is 31.1 Å². The molecule has 162 valence electrons. The van der Waals surface area contributed by atoms with Gasteiger partial charge in [-0.1, -0.05) is 43.6 Å². The molecule has 0 amide bonds. The van der Waals surface area contributed by atoms with Crippen LogP contribution in [0.2, 0.25) is 5.02 Å². The third kappa shape index (κ3) is 4.31. The first-order valence-electron chi connectivity index (χ1n) is 10.3. The van der Waals surface area contributed by atoms with Gasteiger partial charge in [0.25, 0.3) is 0 Å². The van der Waals surface area contributed by atoms with Crippen molar-refractivity contribution in [1.29, 1.82) is 0 Å². The zero-order valence-electron chi connectivity index (χ0n) is 17.7. The van der Waals surface area contributed by atoms with E-state index in [4.69, 9.17) is 26.8 Å². The highest BCUT2D eigenvalue weighted by Crippen LogP contribution is 2.48. The van der Waals surface area contributed by atoms with Crippen LogP contribution in [0.5, 0.6) is 0 Å². The normalized spacial score (nSPS) is 20.7. The van der Waals surface area contributed by atoms with Gasteiger partial charge in [-0.25, -0.2) is 4.79 Å². The number of rotatable bonds is 7. The summed E-state index contributed by atoms with van der Waals surface area (Å²) in [6.07, 6.45) is 1.42. The summed E-state index contributed by atoms with van der Waals surface area (Å²) in [5.41, 5.74) is 8.11. The lowest BCUT2D eigenvalue weighted by Gasteiger charge is -2.40. The van der Waals surface area contributed by atoms with Gasteiger partial charge in [-0.3, -0.25) is 4.79 Å². The molecule has 2 aliphatic rings. The van der Waals surface area contributed by atoms with Crippen molar-refractivity contribution < 1.29 is 19.1 Å². The minimum atomic E-state index is -0.613. The van der Waals surface area contributed by atoms with E-state index in [1.54, 1.807) is 13.0 Å². The second-order valence-electron chi connectivity index (χ2n) is 8.14. The smallest absolute Gasteiger partial charge is 0.336 e. The summed E-state index contributed by atoms with van der Waals surface area (Å²) in [5, 5.41) is 3.82. The number of hydrogen-bond acceptors (Lipinski definition) is 6. The molecule has 0 saturated heterocycles. The molecule has 7 heteroatoms. The van der Waals surface area contributed by atoms with Gasteiger partial charge in [0, 0.05) is 34.2 Å². The lowest BCUT2D eigenvalue weighted by molar-refractivity contribution is -0.139. The zero-order valence-corrected chi connectivity index (χ0v) is 18.5. The summed E-state index contributed by atoms with van der Waals surface area (Å²) in [7, 11) is 0. The fourth-order valence-electron chi connectivity index (χ4n) is 4.03. The average molecular weight is 433 g/mol. The van der Waals surface area contributed by atoms with Crippen molar-refractivity contribution in [3.8, 4) is 0 Å². The number of esters is 1. The number of nitrogens with one attached hydrogen (secondary N) is 1. The number of carbonyl (C=O) groups excluding carboxylic acids is 2. The number of ketones is 1. The van der Waals surface area contributed by atoms with E-state index in [1.165, 1.54) is 0 Å². The van der Waals surface area contributed by atoms with Gasteiger partial charge in [0.2, 0.25) is 0 Å². The van der Waals surface area contributed by atoms with Crippen LogP contribution >= 0.6 is 11.6 Å². The van der Waals surface area contributed by atoms with E-state index in [-0.39, 0.29) is 19.0 Å². The number of dihydropyridines is 1. The first-order valence-corrected chi connectivity index (χ1v) is 10.7. The predicted molar refractivity (Wildman–Crippen MR) is 116 cm³/mol. The van der Waals surface area contributed by atoms with Gasteiger partial charge in [-0.15, -0.1) is 0 Å². The van der Waals surface area contributed by atoms with Gasteiger partial charge < -0.3 is 20.5 Å². The van der Waals surface area contributed by atoms with Crippen molar-refractivity contribution in [1.82, 2.24) is 5.32 Å². The molecule has 0 saturated carbocycles. The Morgan fingerprint density at radius 1 is 1.33 bits per heavy atom. The number of nitrogens with two attached hydrogens (primary N) is 1. The molecule has 1 aromatic carbocycles. The summed E-state index contributed by atoms with van der Waals surface area (Å²) in [4.78, 5) is 26.6. The number of benzene rings is 1. The van der Waals surface area contributed by atoms with Crippen molar-refractivity contribution in [3.05, 3.63) is 57.4 Å². The highest BCUT2D eigenvalue weighted by molar-refractivity contribution is 6.31. The Hall–Kier alpha value is -2.15. The van der Waals surface area contributed by atoms with Crippen LogP contribution in [0.25, 0.3) is 0 Å². The summed E-state index contributed by atoms with van der Waals surface area (Å²) >= 11 is 6.55. The van der Waals surface area contributed by atoms with E-state index in [2.05, 4.69) is 5.32 Å². The minimum Gasteiger partial charge on any atom is -0.463 e. The van der Waals surface area contributed by atoms with Crippen LogP contribution in [0.1, 0.15) is 45.1 Å². The van der Waals surface area contributed by atoms with E-state index in [0.717, 1.165) is 12.1 Å². The lowest BCUT2D eigenvalue weighted by Crippen LogP contribution is -2.42. The third-order valence-corrected chi connectivity index (χ3v) is 5.95. The van der Waals surface area contributed by atoms with Gasteiger partial charge in [-0.2, -0.15) is 0 Å². The molecule has 1 unspecified atom stereocenters. The van der Waals surface area contributed by atoms with E-state index in [9.17, 15) is 9.59 Å². The largest absolute Gasteiger partial charge is 0.463 e. The molecular weight excluding hydrogens is 404 g/mol. The molecule has 0 spiro atoms. The van der Waals surface area contributed by atoms with Crippen molar-refractivity contribution in [2.75, 3.05) is 26.4 Å². The van der Waals surface area contributed by atoms with Crippen LogP contribution in [-0.4, -0.2) is 38.1 Å². The second kappa shape index (κ2) is 9.33. The topological polar surface area (TPSA) is 90.7 Å². The molecule has 1 aliphatic heterocycles. The first-order chi connectivity index (χ1) is 14.3. The summed E-state index contributed by atoms with van der Waals surface area (Å²) in [5.74, 6) is -1.08. The summed E-state index contributed by atoms with van der Waals surface area (Å²) in [6, 6.07) is 7.31. The molecule has 0 aromatic heterocycles. The molecule has 3 N–H and O–H groups in total. The number of ether oxygens (including phenoxy) is 2. The Bertz CT molecular complexity index is 904. The maximum Gasteiger partial charge on any atom is 0.336 e. The number of allylic oxidation sites excluding steroid dienone is 2.